The van der Waals surface area contributed by atoms with Crippen LogP contribution in [-0.4, -0.2) is 23.6 Å². The second-order valence-corrected chi connectivity index (χ2v) is 1.82. The van der Waals surface area contributed by atoms with E-state index in [2.05, 4.69) is 9.88 Å². The minimum Gasteiger partial charge on any atom is -0.262 e. The molecule has 0 bridgehead atoms. The molecule has 0 aromatic rings. The molecule has 60 valence electrons. The van der Waals surface area contributed by atoms with Crippen LogP contribution in [0.15, 0.2) is 0 Å². The Kier molecular flexibility index (Phi) is 5.29. The molecule has 0 aliphatic rings. The van der Waals surface area contributed by atoms with Crippen LogP contribution >= 0.6 is 11.6 Å². The Morgan fingerprint density at radius 1 is 1.50 bits per heavy atom. The molecule has 0 aromatic carbocycles. The summed E-state index contributed by atoms with van der Waals surface area (Å²) in [5.74, 6) is 0. The fourth-order valence-corrected chi connectivity index (χ4v) is 0.439. The van der Waals surface area contributed by atoms with E-state index in [4.69, 9.17) is 11.6 Å². The van der Waals surface area contributed by atoms with Crippen molar-refractivity contribution >= 4 is 17.0 Å². The smallest absolute Gasteiger partial charge is 0.262 e. The maximum Gasteiger partial charge on any atom is 0.437 e. The standard InChI is InChI=1S/C5H10ClNO3/c1-3-7(4-2)10-9-5(6)8/h3-4H2,1-2H3. The van der Waals surface area contributed by atoms with Crippen LogP contribution in [-0.2, 0) is 9.88 Å². The van der Waals surface area contributed by atoms with Crippen LogP contribution in [0.1, 0.15) is 13.8 Å². The zero-order valence-corrected chi connectivity index (χ0v) is 6.72. The van der Waals surface area contributed by atoms with Gasteiger partial charge >= 0.3 is 5.43 Å². The Labute approximate surface area is 64.5 Å². The van der Waals surface area contributed by atoms with E-state index in [0.29, 0.717) is 13.1 Å². The van der Waals surface area contributed by atoms with Gasteiger partial charge in [-0.1, -0.05) is 4.99 Å². The van der Waals surface area contributed by atoms with E-state index in [9.17, 15) is 4.79 Å². The molecule has 0 radical (unpaired) electrons. The maximum atomic E-state index is 9.97. The van der Waals surface area contributed by atoms with Crippen LogP contribution in [0.4, 0.5) is 4.79 Å². The summed E-state index contributed by atoms with van der Waals surface area (Å²) in [5.41, 5.74) is -0.966. The molecule has 0 atom stereocenters. The summed E-state index contributed by atoms with van der Waals surface area (Å²) in [4.78, 5) is 18.5. The molecule has 0 aliphatic heterocycles. The minimum atomic E-state index is -0.966. The van der Waals surface area contributed by atoms with Crippen LogP contribution in [0.3, 0.4) is 0 Å². The predicted octanol–water partition coefficient (Wildman–Crippen LogP) is 1.55. The van der Waals surface area contributed by atoms with Gasteiger partial charge < -0.3 is 0 Å². The van der Waals surface area contributed by atoms with E-state index in [1.807, 2.05) is 13.8 Å². The molecular weight excluding hydrogens is 158 g/mol. The molecule has 0 spiro atoms. The molecule has 0 unspecified atom stereocenters. The molecule has 10 heavy (non-hydrogen) atoms. The second-order valence-electron chi connectivity index (χ2n) is 1.51. The summed E-state index contributed by atoms with van der Waals surface area (Å²) in [6.07, 6.45) is 0. The van der Waals surface area contributed by atoms with E-state index in [-0.39, 0.29) is 0 Å². The average molecular weight is 168 g/mol. The third kappa shape index (κ3) is 4.55. The number of carbonyl (C=O) groups is 1. The molecule has 4 nitrogen and oxygen atoms in total. The first kappa shape index (κ1) is 9.68. The van der Waals surface area contributed by atoms with Crippen LogP contribution in [0.5, 0.6) is 0 Å². The number of hydroxylamine groups is 2. The molecule has 0 fully saturated rings. The van der Waals surface area contributed by atoms with Crippen LogP contribution in [0.2, 0.25) is 0 Å². The number of carbonyl (C=O) groups excluding carboxylic acids is 1. The van der Waals surface area contributed by atoms with Gasteiger partial charge in [-0.3, -0.25) is 4.89 Å². The molecule has 0 aliphatic carbocycles. The molecule has 5 heteroatoms. The molecule has 0 aromatic heterocycles. The Morgan fingerprint density at radius 3 is 2.30 bits per heavy atom. The van der Waals surface area contributed by atoms with Gasteiger partial charge in [0.2, 0.25) is 0 Å². The lowest BCUT2D eigenvalue weighted by Gasteiger charge is -2.12. The van der Waals surface area contributed by atoms with E-state index >= 15 is 0 Å². The van der Waals surface area contributed by atoms with Crippen molar-refractivity contribution in [1.29, 1.82) is 0 Å². The number of rotatable bonds is 4. The second kappa shape index (κ2) is 5.46. The predicted molar refractivity (Wildman–Crippen MR) is 36.3 cm³/mol. The molecule has 0 heterocycles. The summed E-state index contributed by atoms with van der Waals surface area (Å²) in [5, 5.41) is 1.44. The lowest BCUT2D eigenvalue weighted by molar-refractivity contribution is -0.381. The van der Waals surface area contributed by atoms with Crippen LogP contribution < -0.4 is 0 Å². The molecule has 0 saturated carbocycles. The summed E-state index contributed by atoms with van der Waals surface area (Å²) in [7, 11) is 0. The van der Waals surface area contributed by atoms with Crippen molar-refractivity contribution in [3.63, 3.8) is 0 Å². The highest BCUT2D eigenvalue weighted by molar-refractivity contribution is 6.61. The van der Waals surface area contributed by atoms with Crippen molar-refractivity contribution in [2.75, 3.05) is 13.1 Å². The van der Waals surface area contributed by atoms with Crippen molar-refractivity contribution in [2.24, 2.45) is 0 Å². The van der Waals surface area contributed by atoms with Gasteiger partial charge in [0.05, 0.1) is 0 Å². The van der Waals surface area contributed by atoms with Gasteiger partial charge in [0.1, 0.15) is 0 Å². The lowest BCUT2D eigenvalue weighted by atomic mass is 10.6. The molecule has 0 amide bonds. The van der Waals surface area contributed by atoms with Gasteiger partial charge in [-0.05, 0) is 13.8 Å². The van der Waals surface area contributed by atoms with Gasteiger partial charge in [-0.15, -0.1) is 5.06 Å². The first-order valence-corrected chi connectivity index (χ1v) is 3.37. The maximum absolute atomic E-state index is 9.97. The highest BCUT2D eigenvalue weighted by Gasteiger charge is 2.02. The number of hydrogen-bond acceptors (Lipinski definition) is 4. The zero-order chi connectivity index (χ0) is 7.98. The Hall–Kier alpha value is -0.320. The SMILES string of the molecule is CCN(CC)OOC(=O)Cl. The van der Waals surface area contributed by atoms with Gasteiger partial charge in [-0.25, -0.2) is 4.79 Å². The third-order valence-corrected chi connectivity index (χ3v) is 0.977. The average Bonchev–Trinajstić information content (AvgIpc) is 1.90. The van der Waals surface area contributed by atoms with Gasteiger partial charge in [0.15, 0.2) is 0 Å². The summed E-state index contributed by atoms with van der Waals surface area (Å²) >= 11 is 4.82. The van der Waals surface area contributed by atoms with Crippen LogP contribution in [0, 0.1) is 0 Å². The van der Waals surface area contributed by atoms with Crippen molar-refractivity contribution in [1.82, 2.24) is 5.06 Å². The minimum absolute atomic E-state index is 0.640. The van der Waals surface area contributed by atoms with Crippen molar-refractivity contribution in [2.45, 2.75) is 13.8 Å². The van der Waals surface area contributed by atoms with E-state index < -0.39 is 5.43 Å². The van der Waals surface area contributed by atoms with Crippen molar-refractivity contribution < 1.29 is 14.7 Å². The molecular formula is C5H10ClNO3. The third-order valence-electron chi connectivity index (χ3n) is 0.914. The lowest BCUT2D eigenvalue weighted by Crippen LogP contribution is -2.23. The Balaban J connectivity index is 3.34. The fourth-order valence-electron chi connectivity index (χ4n) is 0.411. The summed E-state index contributed by atoms with van der Waals surface area (Å²) < 4.78 is 0. The van der Waals surface area contributed by atoms with Gasteiger partial charge in [-0.2, -0.15) is 0 Å². The quantitative estimate of drug-likeness (QED) is 0.362. The molecule has 0 N–H and O–H groups in total. The van der Waals surface area contributed by atoms with Gasteiger partial charge in [0.25, 0.3) is 0 Å². The summed E-state index contributed by atoms with van der Waals surface area (Å²) in [6, 6.07) is 0. The van der Waals surface area contributed by atoms with E-state index in [1.54, 1.807) is 0 Å². The normalized spacial score (nSPS) is 10.0. The van der Waals surface area contributed by atoms with E-state index in [1.165, 1.54) is 5.06 Å². The number of hydrogen-bond donors (Lipinski definition) is 0. The zero-order valence-electron chi connectivity index (χ0n) is 5.96. The molecule has 0 saturated heterocycles. The topological polar surface area (TPSA) is 38.8 Å². The highest BCUT2D eigenvalue weighted by atomic mass is 35.5. The Morgan fingerprint density at radius 2 is 2.00 bits per heavy atom. The highest BCUT2D eigenvalue weighted by Crippen LogP contribution is 1.93. The first-order chi connectivity index (χ1) is 4.70. The van der Waals surface area contributed by atoms with Gasteiger partial charge in [0, 0.05) is 24.7 Å². The van der Waals surface area contributed by atoms with Crippen molar-refractivity contribution in [3.05, 3.63) is 0 Å². The van der Waals surface area contributed by atoms with Crippen molar-refractivity contribution in [3.8, 4) is 0 Å². The number of halogens is 1. The Bertz CT molecular complexity index is 105. The van der Waals surface area contributed by atoms with Crippen LogP contribution in [0.25, 0.3) is 0 Å². The fraction of sp³-hybridized carbons (Fsp3) is 0.800. The summed E-state index contributed by atoms with van der Waals surface area (Å²) in [6.45, 7) is 5.01. The number of nitrogens with zero attached hydrogens (tertiary/aromatic N) is 1. The first-order valence-electron chi connectivity index (χ1n) is 2.99. The monoisotopic (exact) mass is 167 g/mol. The molecule has 0 rings (SSSR count). The largest absolute Gasteiger partial charge is 0.437 e. The van der Waals surface area contributed by atoms with E-state index in [0.717, 1.165) is 0 Å².